The molecule has 4 heteroatoms. The predicted octanol–water partition coefficient (Wildman–Crippen LogP) is 3.14. The molecule has 2 aromatic rings. The van der Waals surface area contributed by atoms with Gasteiger partial charge in [0.25, 0.3) is 0 Å². The Bertz CT molecular complexity index is 470. The van der Waals surface area contributed by atoms with E-state index in [2.05, 4.69) is 35.4 Å². The number of ether oxygens (including phenoxy) is 1. The Balaban J connectivity index is 1.97. The molecule has 0 saturated carbocycles. The molecule has 1 atom stereocenters. The quantitative estimate of drug-likeness (QED) is 0.868. The van der Waals surface area contributed by atoms with Crippen molar-refractivity contribution >= 4 is 11.3 Å². The van der Waals surface area contributed by atoms with E-state index >= 15 is 0 Å². The number of nitrogens with one attached hydrogen (secondary N) is 1. The van der Waals surface area contributed by atoms with E-state index in [1.54, 1.807) is 18.4 Å². The van der Waals surface area contributed by atoms with E-state index in [0.29, 0.717) is 12.6 Å². The fourth-order valence-electron chi connectivity index (χ4n) is 1.83. The van der Waals surface area contributed by atoms with Crippen LogP contribution in [0.3, 0.4) is 0 Å². The fraction of sp³-hybridized carbons (Fsp3) is 0.357. The third-order valence-electron chi connectivity index (χ3n) is 2.90. The van der Waals surface area contributed by atoms with Crippen LogP contribution in [0.25, 0.3) is 0 Å². The largest absolute Gasteiger partial charge is 0.380 e. The van der Waals surface area contributed by atoms with Crippen LogP contribution in [0.1, 0.15) is 29.0 Å². The van der Waals surface area contributed by atoms with Gasteiger partial charge < -0.3 is 10.1 Å². The van der Waals surface area contributed by atoms with Gasteiger partial charge in [0.2, 0.25) is 0 Å². The Morgan fingerprint density at radius 3 is 2.78 bits per heavy atom. The second kappa shape index (κ2) is 6.64. The van der Waals surface area contributed by atoms with Gasteiger partial charge in [-0.25, -0.2) is 0 Å². The molecule has 0 aliphatic carbocycles. The molecule has 18 heavy (non-hydrogen) atoms. The molecule has 0 saturated heterocycles. The summed E-state index contributed by atoms with van der Waals surface area (Å²) in [6, 6.07) is 8.68. The monoisotopic (exact) mass is 262 g/mol. The van der Waals surface area contributed by atoms with Gasteiger partial charge in [0.15, 0.2) is 0 Å². The minimum atomic E-state index is 0.327. The van der Waals surface area contributed by atoms with E-state index in [-0.39, 0.29) is 0 Å². The molecular formula is C14H18N2OS. The Morgan fingerprint density at radius 2 is 2.11 bits per heavy atom. The highest BCUT2D eigenvalue weighted by molar-refractivity contribution is 7.09. The Hall–Kier alpha value is -1.23. The maximum absolute atomic E-state index is 5.21. The van der Waals surface area contributed by atoms with Crippen molar-refractivity contribution in [2.75, 3.05) is 7.11 Å². The van der Waals surface area contributed by atoms with Crippen molar-refractivity contribution in [1.82, 2.24) is 10.3 Å². The second-order valence-corrected chi connectivity index (χ2v) is 5.13. The lowest BCUT2D eigenvalue weighted by molar-refractivity contribution is 0.184. The van der Waals surface area contributed by atoms with Crippen LogP contribution < -0.4 is 5.32 Å². The van der Waals surface area contributed by atoms with Gasteiger partial charge in [-0.3, -0.25) is 4.98 Å². The van der Waals surface area contributed by atoms with Gasteiger partial charge in [-0.1, -0.05) is 24.3 Å². The average Bonchev–Trinajstić information content (AvgIpc) is 2.92. The van der Waals surface area contributed by atoms with Crippen LogP contribution in [-0.2, 0) is 17.9 Å². The fourth-order valence-corrected chi connectivity index (χ4v) is 2.48. The number of thiazole rings is 1. The molecule has 1 N–H and O–H groups in total. The molecule has 0 fully saturated rings. The third kappa shape index (κ3) is 3.38. The van der Waals surface area contributed by atoms with E-state index in [1.807, 2.05) is 17.8 Å². The molecule has 1 aromatic carbocycles. The van der Waals surface area contributed by atoms with Crippen molar-refractivity contribution in [3.05, 3.63) is 52.0 Å². The topological polar surface area (TPSA) is 34.1 Å². The molecule has 0 spiro atoms. The number of methoxy groups -OCH3 is 1. The summed E-state index contributed by atoms with van der Waals surface area (Å²) in [6.45, 7) is 3.66. The molecule has 1 heterocycles. The molecule has 0 radical (unpaired) electrons. The van der Waals surface area contributed by atoms with Crippen molar-refractivity contribution < 1.29 is 4.74 Å². The normalized spacial score (nSPS) is 12.6. The highest BCUT2D eigenvalue weighted by Crippen LogP contribution is 2.17. The van der Waals surface area contributed by atoms with Gasteiger partial charge in [0, 0.05) is 30.8 Å². The zero-order valence-electron chi connectivity index (χ0n) is 10.7. The van der Waals surface area contributed by atoms with E-state index in [1.165, 1.54) is 16.0 Å². The lowest BCUT2D eigenvalue weighted by Crippen LogP contribution is -2.18. The van der Waals surface area contributed by atoms with Gasteiger partial charge in [-0.05, 0) is 18.1 Å². The summed E-state index contributed by atoms with van der Waals surface area (Å²) in [7, 11) is 1.73. The summed E-state index contributed by atoms with van der Waals surface area (Å²) in [5.74, 6) is 0. The number of nitrogens with zero attached hydrogens (tertiary/aromatic N) is 1. The van der Waals surface area contributed by atoms with Crippen LogP contribution in [0.2, 0.25) is 0 Å². The Morgan fingerprint density at radius 1 is 1.33 bits per heavy atom. The van der Waals surface area contributed by atoms with Crippen LogP contribution in [0, 0.1) is 0 Å². The third-order valence-corrected chi connectivity index (χ3v) is 3.85. The molecule has 96 valence electrons. The number of aromatic nitrogens is 1. The van der Waals surface area contributed by atoms with Gasteiger partial charge in [-0.2, -0.15) is 0 Å². The first-order valence-electron chi connectivity index (χ1n) is 5.98. The lowest BCUT2D eigenvalue weighted by atomic mass is 10.1. The zero-order valence-corrected chi connectivity index (χ0v) is 11.5. The van der Waals surface area contributed by atoms with E-state index in [4.69, 9.17) is 4.74 Å². The van der Waals surface area contributed by atoms with E-state index < -0.39 is 0 Å². The van der Waals surface area contributed by atoms with Crippen LogP contribution in [-0.4, -0.2) is 12.1 Å². The van der Waals surface area contributed by atoms with Crippen LogP contribution in [0.4, 0.5) is 0 Å². The second-order valence-electron chi connectivity index (χ2n) is 4.21. The van der Waals surface area contributed by atoms with Crippen LogP contribution >= 0.6 is 11.3 Å². The zero-order chi connectivity index (χ0) is 12.8. The standard InChI is InChI=1S/C14H18N2OS/c1-11(14-8-15-10-18-14)16-7-12-5-3-4-6-13(12)9-17-2/h3-6,8,10-11,16H,7,9H2,1-2H3. The van der Waals surface area contributed by atoms with Crippen molar-refractivity contribution in [2.24, 2.45) is 0 Å². The molecule has 2 rings (SSSR count). The Labute approximate surface area is 112 Å². The number of hydrogen-bond donors (Lipinski definition) is 1. The number of rotatable bonds is 6. The van der Waals surface area contributed by atoms with Gasteiger partial charge in [0.05, 0.1) is 12.1 Å². The maximum Gasteiger partial charge on any atom is 0.0794 e. The van der Waals surface area contributed by atoms with Gasteiger partial charge in [0.1, 0.15) is 0 Å². The number of hydrogen-bond acceptors (Lipinski definition) is 4. The van der Waals surface area contributed by atoms with Crippen molar-refractivity contribution in [3.63, 3.8) is 0 Å². The molecule has 3 nitrogen and oxygen atoms in total. The van der Waals surface area contributed by atoms with Crippen LogP contribution in [0.15, 0.2) is 36.0 Å². The summed E-state index contributed by atoms with van der Waals surface area (Å²) in [5, 5.41) is 3.51. The molecule has 0 aliphatic rings. The summed E-state index contributed by atoms with van der Waals surface area (Å²) >= 11 is 1.68. The first-order chi connectivity index (χ1) is 8.81. The van der Waals surface area contributed by atoms with Gasteiger partial charge in [-0.15, -0.1) is 11.3 Å². The molecule has 1 aromatic heterocycles. The summed E-state index contributed by atoms with van der Waals surface area (Å²) in [5.41, 5.74) is 4.39. The summed E-state index contributed by atoms with van der Waals surface area (Å²) in [6.07, 6.45) is 1.92. The lowest BCUT2D eigenvalue weighted by Gasteiger charge is -2.14. The number of benzene rings is 1. The smallest absolute Gasteiger partial charge is 0.0794 e. The van der Waals surface area contributed by atoms with Crippen molar-refractivity contribution in [3.8, 4) is 0 Å². The van der Waals surface area contributed by atoms with Crippen molar-refractivity contribution in [1.29, 1.82) is 0 Å². The maximum atomic E-state index is 5.21. The first kappa shape index (κ1) is 13.2. The highest BCUT2D eigenvalue weighted by Gasteiger charge is 2.07. The summed E-state index contributed by atoms with van der Waals surface area (Å²) < 4.78 is 5.21. The molecule has 0 amide bonds. The van der Waals surface area contributed by atoms with E-state index in [9.17, 15) is 0 Å². The SMILES string of the molecule is COCc1ccccc1CNC(C)c1cncs1. The predicted molar refractivity (Wildman–Crippen MR) is 74.5 cm³/mol. The molecule has 0 aliphatic heterocycles. The molecule has 1 unspecified atom stereocenters. The first-order valence-corrected chi connectivity index (χ1v) is 6.86. The minimum absolute atomic E-state index is 0.327. The molecule has 0 bridgehead atoms. The van der Waals surface area contributed by atoms with Crippen LogP contribution in [0.5, 0.6) is 0 Å². The average molecular weight is 262 g/mol. The van der Waals surface area contributed by atoms with Gasteiger partial charge >= 0.3 is 0 Å². The summed E-state index contributed by atoms with van der Waals surface area (Å²) in [4.78, 5) is 5.37. The highest BCUT2D eigenvalue weighted by atomic mass is 32.1. The van der Waals surface area contributed by atoms with Crippen molar-refractivity contribution in [2.45, 2.75) is 26.1 Å². The Kier molecular flexibility index (Phi) is 4.87. The molecular weight excluding hydrogens is 244 g/mol. The minimum Gasteiger partial charge on any atom is -0.380 e. The van der Waals surface area contributed by atoms with E-state index in [0.717, 1.165) is 6.54 Å².